The molecule has 2 N–H and O–H groups in total. The second-order valence-corrected chi connectivity index (χ2v) is 3.73. The minimum Gasteiger partial charge on any atom is -0.395 e. The molecule has 1 aromatic carbocycles. The molecular weight excluding hydrogens is 233 g/mol. The number of amides is 1. The fraction of sp³-hybridized carbons (Fsp3) is 0.357. The van der Waals surface area contributed by atoms with Crippen molar-refractivity contribution in [1.29, 1.82) is 0 Å². The molecule has 3 nitrogen and oxygen atoms in total. The van der Waals surface area contributed by atoms with Crippen LogP contribution in [-0.2, 0) is 0 Å². The zero-order valence-corrected chi connectivity index (χ0v) is 10.3. The Morgan fingerprint density at radius 2 is 2.28 bits per heavy atom. The first kappa shape index (κ1) is 14.2. The molecule has 18 heavy (non-hydrogen) atoms. The summed E-state index contributed by atoms with van der Waals surface area (Å²) in [6.07, 6.45) is 1.15. The molecule has 1 rings (SSSR count). The summed E-state index contributed by atoms with van der Waals surface area (Å²) in [4.78, 5) is 11.6. The molecule has 0 unspecified atom stereocenters. The van der Waals surface area contributed by atoms with Gasteiger partial charge in [0, 0.05) is 18.5 Å². The first-order valence-corrected chi connectivity index (χ1v) is 5.86. The number of aliphatic hydroxyl groups is 1. The van der Waals surface area contributed by atoms with Crippen LogP contribution in [0.2, 0.25) is 0 Å². The van der Waals surface area contributed by atoms with E-state index < -0.39 is 11.7 Å². The van der Waals surface area contributed by atoms with Crippen LogP contribution in [0.25, 0.3) is 0 Å². The van der Waals surface area contributed by atoms with Gasteiger partial charge in [-0.25, -0.2) is 4.39 Å². The smallest absolute Gasteiger partial charge is 0.254 e. The Balaban J connectivity index is 2.80. The van der Waals surface area contributed by atoms with Gasteiger partial charge in [-0.15, -0.1) is 0 Å². The second-order valence-electron chi connectivity index (χ2n) is 3.73. The predicted molar refractivity (Wildman–Crippen MR) is 67.6 cm³/mol. The van der Waals surface area contributed by atoms with E-state index in [2.05, 4.69) is 17.2 Å². The van der Waals surface area contributed by atoms with E-state index in [1.807, 2.05) is 6.92 Å². The third kappa shape index (κ3) is 4.19. The molecule has 0 radical (unpaired) electrons. The Hall–Kier alpha value is -1.86. The zero-order chi connectivity index (χ0) is 13.4. The summed E-state index contributed by atoms with van der Waals surface area (Å²) in [6, 6.07) is 4.24. The van der Waals surface area contributed by atoms with Gasteiger partial charge in [0.25, 0.3) is 5.91 Å². The molecule has 0 heterocycles. The summed E-state index contributed by atoms with van der Waals surface area (Å²) in [5.41, 5.74) is 0.518. The highest BCUT2D eigenvalue weighted by Gasteiger charge is 2.10. The number of carbonyl (C=O) groups excluding carboxylic acids is 1. The topological polar surface area (TPSA) is 49.3 Å². The van der Waals surface area contributed by atoms with Crippen LogP contribution in [0.1, 0.15) is 35.7 Å². The van der Waals surface area contributed by atoms with E-state index in [4.69, 9.17) is 5.11 Å². The van der Waals surface area contributed by atoms with Crippen LogP contribution in [0.15, 0.2) is 18.2 Å². The van der Waals surface area contributed by atoms with Gasteiger partial charge in [0.2, 0.25) is 0 Å². The number of aliphatic hydroxyl groups excluding tert-OH is 1. The van der Waals surface area contributed by atoms with Crippen LogP contribution in [0.4, 0.5) is 4.39 Å². The van der Waals surface area contributed by atoms with Crippen LogP contribution >= 0.6 is 0 Å². The molecule has 0 fully saturated rings. The summed E-state index contributed by atoms with van der Waals surface area (Å²) in [5.74, 6) is 4.41. The fourth-order valence-electron chi connectivity index (χ4n) is 1.33. The number of hydrogen-bond donors (Lipinski definition) is 2. The second kappa shape index (κ2) is 7.46. The van der Waals surface area contributed by atoms with E-state index in [-0.39, 0.29) is 12.2 Å². The van der Waals surface area contributed by atoms with Crippen LogP contribution in [0, 0.1) is 17.7 Å². The van der Waals surface area contributed by atoms with Crippen molar-refractivity contribution in [3.8, 4) is 11.8 Å². The Morgan fingerprint density at radius 1 is 1.50 bits per heavy atom. The monoisotopic (exact) mass is 249 g/mol. The van der Waals surface area contributed by atoms with E-state index in [9.17, 15) is 9.18 Å². The summed E-state index contributed by atoms with van der Waals surface area (Å²) in [7, 11) is 0. The lowest BCUT2D eigenvalue weighted by atomic mass is 10.1. The molecule has 0 spiro atoms. The number of hydrogen-bond acceptors (Lipinski definition) is 2. The SMILES string of the molecule is CCCNC(=O)c1ccc(C#CCCO)cc1F. The highest BCUT2D eigenvalue weighted by Crippen LogP contribution is 2.09. The van der Waals surface area contributed by atoms with Gasteiger partial charge in [0.1, 0.15) is 5.82 Å². The lowest BCUT2D eigenvalue weighted by molar-refractivity contribution is 0.0949. The molecule has 0 aliphatic heterocycles. The normalized spacial score (nSPS) is 9.50. The standard InChI is InChI=1S/C14H16FNO2/c1-2-8-16-14(18)12-7-6-11(10-13(12)15)5-3-4-9-17/h6-7,10,17H,2,4,8-9H2,1H3,(H,16,18). The minimum absolute atomic E-state index is 0.0208. The molecule has 96 valence electrons. The molecule has 0 saturated heterocycles. The van der Waals surface area contributed by atoms with Gasteiger partial charge in [-0.1, -0.05) is 18.8 Å². The molecule has 1 amide bonds. The van der Waals surface area contributed by atoms with Gasteiger partial charge >= 0.3 is 0 Å². The fourth-order valence-corrected chi connectivity index (χ4v) is 1.33. The van der Waals surface area contributed by atoms with Crippen molar-refractivity contribution >= 4 is 5.91 Å². The van der Waals surface area contributed by atoms with E-state index in [0.717, 1.165) is 6.42 Å². The van der Waals surface area contributed by atoms with Crippen LogP contribution in [0.5, 0.6) is 0 Å². The zero-order valence-electron chi connectivity index (χ0n) is 10.3. The van der Waals surface area contributed by atoms with Crippen molar-refractivity contribution < 1.29 is 14.3 Å². The summed E-state index contributed by atoms with van der Waals surface area (Å²) in [6.45, 7) is 2.43. The largest absolute Gasteiger partial charge is 0.395 e. The first-order valence-electron chi connectivity index (χ1n) is 5.86. The van der Waals surface area contributed by atoms with E-state index in [0.29, 0.717) is 18.5 Å². The summed E-state index contributed by atoms with van der Waals surface area (Å²) >= 11 is 0. The number of carbonyl (C=O) groups is 1. The number of halogens is 1. The Morgan fingerprint density at radius 3 is 2.89 bits per heavy atom. The van der Waals surface area contributed by atoms with Gasteiger partial charge in [-0.05, 0) is 24.6 Å². The third-order valence-electron chi connectivity index (χ3n) is 2.22. The maximum absolute atomic E-state index is 13.7. The average molecular weight is 249 g/mol. The highest BCUT2D eigenvalue weighted by atomic mass is 19.1. The Bertz CT molecular complexity index is 474. The van der Waals surface area contributed by atoms with E-state index in [1.54, 1.807) is 6.07 Å². The van der Waals surface area contributed by atoms with Gasteiger partial charge in [-0.2, -0.15) is 0 Å². The Kier molecular flexibility index (Phi) is 5.89. The van der Waals surface area contributed by atoms with E-state index in [1.165, 1.54) is 12.1 Å². The summed E-state index contributed by atoms with van der Waals surface area (Å²) in [5, 5.41) is 11.2. The lowest BCUT2D eigenvalue weighted by Gasteiger charge is -2.04. The maximum atomic E-state index is 13.7. The highest BCUT2D eigenvalue weighted by molar-refractivity contribution is 5.94. The average Bonchev–Trinajstić information content (AvgIpc) is 2.36. The molecule has 0 bridgehead atoms. The molecule has 0 atom stereocenters. The molecule has 0 aliphatic rings. The predicted octanol–water partition coefficient (Wildman–Crippen LogP) is 1.70. The van der Waals surface area contributed by atoms with Crippen LogP contribution < -0.4 is 5.32 Å². The van der Waals surface area contributed by atoms with Gasteiger partial charge in [-0.3, -0.25) is 4.79 Å². The molecule has 0 aliphatic carbocycles. The van der Waals surface area contributed by atoms with Gasteiger partial charge < -0.3 is 10.4 Å². The molecule has 4 heteroatoms. The number of benzene rings is 1. The molecular formula is C14H16FNO2. The van der Waals surface area contributed by atoms with Gasteiger partial charge in [0.15, 0.2) is 0 Å². The minimum atomic E-state index is -0.584. The number of rotatable bonds is 4. The van der Waals surface area contributed by atoms with Crippen molar-refractivity contribution in [3.63, 3.8) is 0 Å². The van der Waals surface area contributed by atoms with Crippen molar-refractivity contribution in [2.45, 2.75) is 19.8 Å². The molecule has 0 saturated carbocycles. The molecule has 0 aromatic heterocycles. The summed E-state index contributed by atoms with van der Waals surface area (Å²) < 4.78 is 13.7. The Labute approximate surface area is 106 Å². The van der Waals surface area contributed by atoms with Crippen LogP contribution in [0.3, 0.4) is 0 Å². The van der Waals surface area contributed by atoms with Crippen molar-refractivity contribution in [2.24, 2.45) is 0 Å². The number of nitrogens with one attached hydrogen (secondary N) is 1. The van der Waals surface area contributed by atoms with Gasteiger partial charge in [0.05, 0.1) is 12.2 Å². The van der Waals surface area contributed by atoms with Crippen molar-refractivity contribution in [1.82, 2.24) is 5.32 Å². The van der Waals surface area contributed by atoms with E-state index >= 15 is 0 Å². The lowest BCUT2D eigenvalue weighted by Crippen LogP contribution is -2.24. The van der Waals surface area contributed by atoms with Crippen molar-refractivity contribution in [3.05, 3.63) is 35.1 Å². The van der Waals surface area contributed by atoms with Crippen LogP contribution in [-0.4, -0.2) is 24.2 Å². The quantitative estimate of drug-likeness (QED) is 0.798. The third-order valence-corrected chi connectivity index (χ3v) is 2.22. The van der Waals surface area contributed by atoms with Crippen molar-refractivity contribution in [2.75, 3.05) is 13.2 Å². The first-order chi connectivity index (χ1) is 8.69. The molecule has 1 aromatic rings. The maximum Gasteiger partial charge on any atom is 0.254 e.